The first-order chi connectivity index (χ1) is 17.1. The van der Waals surface area contributed by atoms with Crippen molar-refractivity contribution in [2.75, 3.05) is 5.32 Å². The highest BCUT2D eigenvalue weighted by atomic mass is 16.4. The normalized spacial score (nSPS) is 24.0. The Hall–Kier alpha value is -3.92. The predicted octanol–water partition coefficient (Wildman–Crippen LogP) is 6.99. The third kappa shape index (κ3) is 4.83. The molecule has 1 amide bonds. The van der Waals surface area contributed by atoms with Crippen LogP contribution in [0.25, 0.3) is 6.08 Å². The summed E-state index contributed by atoms with van der Waals surface area (Å²) >= 11 is 0. The van der Waals surface area contributed by atoms with Gasteiger partial charge in [0.25, 0.3) is 0 Å². The summed E-state index contributed by atoms with van der Waals surface area (Å²) in [6.45, 7) is 2.02. The molecular weight excluding hydrogens is 432 g/mol. The number of aryl methyl sites for hydroxylation is 1. The lowest BCUT2D eigenvalue weighted by Gasteiger charge is -2.41. The number of amides is 1. The van der Waals surface area contributed by atoms with Crippen molar-refractivity contribution in [2.24, 2.45) is 17.0 Å². The minimum atomic E-state index is -0.589. The van der Waals surface area contributed by atoms with Crippen LogP contribution in [0.1, 0.15) is 41.9 Å². The zero-order chi connectivity index (χ0) is 24.2. The highest BCUT2D eigenvalue weighted by molar-refractivity contribution is 6.15. The maximum absolute atomic E-state index is 13.7. The smallest absolute Gasteiger partial charge is 0.234 e. The summed E-state index contributed by atoms with van der Waals surface area (Å²) in [6, 6.07) is 28.3. The fourth-order valence-corrected chi connectivity index (χ4v) is 5.54. The Bertz CT molecular complexity index is 1270. The Balaban J connectivity index is 1.58. The first-order valence-corrected chi connectivity index (χ1v) is 12.3. The van der Waals surface area contributed by atoms with Gasteiger partial charge >= 0.3 is 0 Å². The maximum atomic E-state index is 13.7. The lowest BCUT2D eigenvalue weighted by Crippen LogP contribution is -2.41. The monoisotopic (exact) mass is 462 g/mol. The van der Waals surface area contributed by atoms with Gasteiger partial charge in [0.05, 0.1) is 11.6 Å². The van der Waals surface area contributed by atoms with Crippen LogP contribution >= 0.6 is 0 Å². The predicted molar refractivity (Wildman–Crippen MR) is 142 cm³/mol. The van der Waals surface area contributed by atoms with Gasteiger partial charge in [-0.15, -0.1) is 0 Å². The number of fused-ring (bicyclic) bond motifs is 1. The van der Waals surface area contributed by atoms with E-state index in [1.165, 1.54) is 11.1 Å². The number of anilines is 1. The highest BCUT2D eigenvalue weighted by Gasteiger charge is 2.45. The minimum absolute atomic E-state index is 0.118. The average molecular weight is 463 g/mol. The van der Waals surface area contributed by atoms with E-state index in [1.54, 1.807) is 0 Å². The molecule has 35 heavy (non-hydrogen) atoms. The molecule has 1 fully saturated rings. The molecule has 0 bridgehead atoms. The van der Waals surface area contributed by atoms with Gasteiger partial charge in [-0.1, -0.05) is 89.6 Å². The second-order valence-electron chi connectivity index (χ2n) is 9.47. The molecule has 5 rings (SSSR count). The number of nitrogens with zero attached hydrogens (tertiary/aromatic N) is 1. The van der Waals surface area contributed by atoms with Crippen LogP contribution in [0.2, 0.25) is 0 Å². The van der Waals surface area contributed by atoms with E-state index < -0.39 is 5.92 Å². The molecule has 0 saturated heterocycles. The zero-order valence-corrected chi connectivity index (χ0v) is 19.9. The molecule has 3 aromatic carbocycles. The molecule has 4 nitrogen and oxygen atoms in total. The number of hydrogen-bond donors (Lipinski definition) is 2. The average Bonchev–Trinajstić information content (AvgIpc) is 2.90. The van der Waals surface area contributed by atoms with Crippen molar-refractivity contribution >= 4 is 23.4 Å². The first-order valence-electron chi connectivity index (χ1n) is 12.3. The molecule has 0 heterocycles. The second kappa shape index (κ2) is 10.1. The second-order valence-corrected chi connectivity index (χ2v) is 9.47. The number of carbonyl (C=O) groups excluding carboxylic acids is 1. The van der Waals surface area contributed by atoms with Gasteiger partial charge in [-0.2, -0.15) is 0 Å². The summed E-state index contributed by atoms with van der Waals surface area (Å²) in [5.74, 6) is -0.689. The van der Waals surface area contributed by atoms with Crippen LogP contribution in [0.5, 0.6) is 0 Å². The summed E-state index contributed by atoms with van der Waals surface area (Å²) in [6.07, 6.45) is 7.21. The largest absolute Gasteiger partial charge is 0.411 e. The van der Waals surface area contributed by atoms with Crippen LogP contribution in [0.4, 0.5) is 5.69 Å². The molecule has 4 heteroatoms. The van der Waals surface area contributed by atoms with Crippen LogP contribution in [-0.2, 0) is 4.79 Å². The zero-order valence-electron chi connectivity index (χ0n) is 19.9. The van der Waals surface area contributed by atoms with Crippen LogP contribution in [-0.4, -0.2) is 16.8 Å². The number of nitrogens with one attached hydrogen (secondary N) is 1. The lowest BCUT2D eigenvalue weighted by atomic mass is 9.62. The molecule has 3 unspecified atom stereocenters. The van der Waals surface area contributed by atoms with Crippen molar-refractivity contribution in [1.29, 1.82) is 0 Å². The van der Waals surface area contributed by atoms with Crippen LogP contribution < -0.4 is 5.32 Å². The van der Waals surface area contributed by atoms with Gasteiger partial charge in [0, 0.05) is 11.6 Å². The minimum Gasteiger partial charge on any atom is -0.411 e. The van der Waals surface area contributed by atoms with Crippen molar-refractivity contribution in [1.82, 2.24) is 0 Å². The molecule has 2 aliphatic rings. The van der Waals surface area contributed by atoms with Crippen molar-refractivity contribution in [3.63, 3.8) is 0 Å². The lowest BCUT2D eigenvalue weighted by molar-refractivity contribution is -0.119. The Kier molecular flexibility index (Phi) is 6.62. The standard InChI is InChI=1S/C31H30N2O2/c1-21-15-17-25(18-16-21)32-31(34)30-28(33-35)20-27-24(19-22-9-4-2-5-10-22)13-8-14-26(27)29(30)23-11-6-3-7-12-23/h2-7,9-12,15-20,26,29-30,35H,8,13-14H2,1H3,(H,32,34)/b24-19-,33-28-. The molecule has 3 atom stereocenters. The molecule has 2 aliphatic carbocycles. The van der Waals surface area contributed by atoms with Crippen LogP contribution in [0.15, 0.2) is 107 Å². The topological polar surface area (TPSA) is 61.7 Å². The Morgan fingerprint density at radius 2 is 1.66 bits per heavy atom. The van der Waals surface area contributed by atoms with Crippen LogP contribution in [0, 0.1) is 18.8 Å². The molecule has 0 aliphatic heterocycles. The molecule has 1 saturated carbocycles. The van der Waals surface area contributed by atoms with Gasteiger partial charge < -0.3 is 10.5 Å². The highest BCUT2D eigenvalue weighted by Crippen LogP contribution is 2.49. The van der Waals surface area contributed by atoms with Gasteiger partial charge in [0.15, 0.2) is 0 Å². The third-order valence-corrected chi connectivity index (χ3v) is 7.19. The molecule has 3 aromatic rings. The van der Waals surface area contributed by atoms with Crippen molar-refractivity contribution in [3.05, 3.63) is 119 Å². The van der Waals surface area contributed by atoms with Gasteiger partial charge in [-0.25, -0.2) is 0 Å². The number of rotatable bonds is 4. The van der Waals surface area contributed by atoms with E-state index in [4.69, 9.17) is 0 Å². The SMILES string of the molecule is Cc1ccc(NC(=O)C2/C(=N\O)C=C3/C(=C\c4ccccc4)CCCC3C2c2ccccc2)cc1. The molecular formula is C31H30N2O2. The number of hydrogen-bond acceptors (Lipinski definition) is 3. The summed E-state index contributed by atoms with van der Waals surface area (Å²) < 4.78 is 0. The fraction of sp³-hybridized carbons (Fsp3) is 0.226. The van der Waals surface area contributed by atoms with Crippen LogP contribution in [0.3, 0.4) is 0 Å². The molecule has 0 radical (unpaired) electrons. The fourth-order valence-electron chi connectivity index (χ4n) is 5.54. The van der Waals surface area contributed by atoms with Crippen molar-refractivity contribution in [3.8, 4) is 0 Å². The first kappa shape index (κ1) is 22.9. The third-order valence-electron chi connectivity index (χ3n) is 7.19. The Labute approximate surface area is 206 Å². The van der Waals surface area contributed by atoms with Gasteiger partial charge in [-0.05, 0) is 72.6 Å². The number of carbonyl (C=O) groups is 1. The Morgan fingerprint density at radius 1 is 0.971 bits per heavy atom. The Morgan fingerprint density at radius 3 is 2.34 bits per heavy atom. The summed E-state index contributed by atoms with van der Waals surface area (Å²) in [4.78, 5) is 13.7. The summed E-state index contributed by atoms with van der Waals surface area (Å²) in [5.41, 5.74) is 6.97. The number of allylic oxidation sites excluding steroid dienone is 3. The molecule has 176 valence electrons. The van der Waals surface area contributed by atoms with E-state index >= 15 is 0 Å². The number of oxime groups is 1. The van der Waals surface area contributed by atoms with Crippen molar-refractivity contribution in [2.45, 2.75) is 32.1 Å². The quantitative estimate of drug-likeness (QED) is 0.324. The van der Waals surface area contributed by atoms with E-state index in [0.717, 1.165) is 41.6 Å². The van der Waals surface area contributed by atoms with Gasteiger partial charge in [0.2, 0.25) is 5.91 Å². The van der Waals surface area contributed by atoms with E-state index in [9.17, 15) is 10.0 Å². The van der Waals surface area contributed by atoms with Gasteiger partial charge in [-0.3, -0.25) is 4.79 Å². The summed E-state index contributed by atoms with van der Waals surface area (Å²) in [7, 11) is 0. The van der Waals surface area contributed by atoms with E-state index in [-0.39, 0.29) is 17.7 Å². The summed E-state index contributed by atoms with van der Waals surface area (Å²) in [5, 5.41) is 16.8. The molecule has 0 aromatic heterocycles. The number of benzene rings is 3. The molecule has 2 N–H and O–H groups in total. The molecule has 0 spiro atoms. The van der Waals surface area contributed by atoms with Crippen molar-refractivity contribution < 1.29 is 10.0 Å². The van der Waals surface area contributed by atoms with Gasteiger partial charge in [0.1, 0.15) is 0 Å². The van der Waals surface area contributed by atoms with E-state index in [0.29, 0.717) is 5.71 Å². The van der Waals surface area contributed by atoms with E-state index in [1.807, 2.05) is 73.7 Å². The maximum Gasteiger partial charge on any atom is 0.234 e. The van der Waals surface area contributed by atoms with E-state index in [2.05, 4.69) is 40.8 Å².